The van der Waals surface area contributed by atoms with Crippen LogP contribution in [0.1, 0.15) is 0 Å². The topological polar surface area (TPSA) is 29.3 Å². The molecule has 0 fully saturated rings. The molecular weight excluding hydrogens is 697 g/mol. The van der Waals surface area contributed by atoms with E-state index in [1.54, 1.807) is 11.3 Å². The van der Waals surface area contributed by atoms with Crippen LogP contribution in [0.5, 0.6) is 0 Å². The Balaban J connectivity index is 1.11. The van der Waals surface area contributed by atoms with Gasteiger partial charge in [-0.2, -0.15) is 0 Å². The molecule has 0 amide bonds. The van der Waals surface area contributed by atoms with Gasteiger partial charge < -0.3 is 9.32 Å². The van der Waals surface area contributed by atoms with Crippen molar-refractivity contribution in [2.45, 2.75) is 0 Å². The summed E-state index contributed by atoms with van der Waals surface area (Å²) in [5, 5.41) is 5.86. The Morgan fingerprint density at radius 3 is 1.91 bits per heavy atom. The number of rotatable bonds is 6. The number of hydrogen-bond acceptors (Lipinski definition) is 5. The number of aromatic nitrogens is 1. The predicted molar refractivity (Wildman–Crippen MR) is 231 cm³/mol. The van der Waals surface area contributed by atoms with Crippen molar-refractivity contribution in [3.05, 3.63) is 182 Å². The summed E-state index contributed by atoms with van der Waals surface area (Å²) in [4.78, 5) is 7.45. The maximum atomic E-state index is 6.42. The molecule has 0 atom stereocenters. The normalized spacial score (nSPS) is 11.7. The van der Waals surface area contributed by atoms with Crippen molar-refractivity contribution in [2.24, 2.45) is 0 Å². The van der Waals surface area contributed by atoms with Crippen molar-refractivity contribution in [3.8, 4) is 32.8 Å². The fraction of sp³-hybridized carbons (Fsp3) is 0. The molecule has 0 N–H and O–H groups in total. The molecule has 0 radical (unpaired) electrons. The first-order valence-corrected chi connectivity index (χ1v) is 19.7. The zero-order valence-corrected chi connectivity index (χ0v) is 30.6. The summed E-state index contributed by atoms with van der Waals surface area (Å²) in [6, 6.07) is 64.8. The number of hydrogen-bond donors (Lipinski definition) is 0. The van der Waals surface area contributed by atoms with Gasteiger partial charge in [-0.25, -0.2) is 4.98 Å². The maximum Gasteiger partial charge on any atom is 0.137 e. The predicted octanol–water partition coefficient (Wildman–Crippen LogP) is 15.0. The van der Waals surface area contributed by atoms with E-state index < -0.39 is 0 Å². The van der Waals surface area contributed by atoms with E-state index in [1.807, 2.05) is 23.5 Å². The highest BCUT2D eigenvalue weighted by molar-refractivity contribution is 7.28. The van der Waals surface area contributed by atoms with Gasteiger partial charge in [-0.05, 0) is 82.9 Å². The third kappa shape index (κ3) is 5.12. The van der Waals surface area contributed by atoms with Crippen molar-refractivity contribution in [2.75, 3.05) is 4.90 Å². The van der Waals surface area contributed by atoms with Crippen LogP contribution in [0.15, 0.2) is 186 Å². The molecule has 0 aliphatic carbocycles. The fourth-order valence-electron chi connectivity index (χ4n) is 7.80. The summed E-state index contributed by atoms with van der Waals surface area (Å²) in [5.41, 5.74) is 11.9. The lowest BCUT2D eigenvalue weighted by atomic mass is 9.98. The summed E-state index contributed by atoms with van der Waals surface area (Å²) in [6.07, 6.45) is 0. The Morgan fingerprint density at radius 1 is 0.426 bits per heavy atom. The van der Waals surface area contributed by atoms with Gasteiger partial charge in [-0.3, -0.25) is 0 Å². The highest BCUT2D eigenvalue weighted by atomic mass is 32.1. The molecule has 11 aromatic rings. The van der Waals surface area contributed by atoms with Gasteiger partial charge in [0.25, 0.3) is 0 Å². The maximum absolute atomic E-state index is 6.42. The van der Waals surface area contributed by atoms with Crippen LogP contribution in [0.25, 0.3) is 85.2 Å². The lowest BCUT2D eigenvalue weighted by Gasteiger charge is -2.26. The van der Waals surface area contributed by atoms with Crippen molar-refractivity contribution in [1.82, 2.24) is 4.98 Å². The van der Waals surface area contributed by atoms with Crippen LogP contribution in [-0.4, -0.2) is 4.98 Å². The first kappa shape index (κ1) is 31.0. The van der Waals surface area contributed by atoms with Crippen LogP contribution in [-0.2, 0) is 0 Å². The van der Waals surface area contributed by atoms with Gasteiger partial charge in [0.15, 0.2) is 0 Å². The fourth-order valence-corrected chi connectivity index (χ4v) is 10.1. The summed E-state index contributed by atoms with van der Waals surface area (Å²) in [6.45, 7) is 0. The van der Waals surface area contributed by atoms with E-state index in [0.29, 0.717) is 0 Å². The number of thiazole rings is 1. The zero-order chi connectivity index (χ0) is 35.6. The first-order chi connectivity index (χ1) is 26.7. The molecule has 0 aliphatic rings. The average molecular weight is 727 g/mol. The minimum absolute atomic E-state index is 0.868. The molecule has 0 saturated carbocycles. The number of benzene rings is 8. The number of thiophene rings is 1. The highest BCUT2D eigenvalue weighted by Gasteiger charge is 2.20. The second kappa shape index (κ2) is 12.6. The Hall–Kier alpha value is -6.53. The van der Waals surface area contributed by atoms with Crippen LogP contribution in [0, 0.1) is 0 Å². The van der Waals surface area contributed by atoms with Gasteiger partial charge in [-0.1, -0.05) is 115 Å². The molecule has 0 spiro atoms. The monoisotopic (exact) mass is 726 g/mol. The SMILES string of the molecule is c1ccc(-c2cccc(N(c3cccc(-c4cccc5sc6ccc7nc(-c8ccccc8)sc7c6c45)c3)c3ccc4c(c3)oc3ccccc34)c2)cc1. The standard InChI is InChI=1S/C49H30N2OS2/c1-3-12-31(13-4-1)33-16-9-18-35(28-33)51(37-24-25-40-39-20-7-8-22-42(39)52-43(40)30-37)36-19-10-17-34(29-36)38-21-11-23-44-46(38)47-45(53-44)27-26-41-48(47)54-49(50-41)32-14-5-2-6-15-32/h1-30H. The van der Waals surface area contributed by atoms with Crippen molar-refractivity contribution < 1.29 is 4.42 Å². The van der Waals surface area contributed by atoms with Crippen LogP contribution in [0.4, 0.5) is 17.1 Å². The Kier molecular flexibility index (Phi) is 7.22. The van der Waals surface area contributed by atoms with Crippen LogP contribution in [0.3, 0.4) is 0 Å². The summed E-state index contributed by atoms with van der Waals surface area (Å²) in [7, 11) is 0. The molecule has 0 saturated heterocycles. The van der Waals surface area contributed by atoms with Crippen LogP contribution in [0.2, 0.25) is 0 Å². The van der Waals surface area contributed by atoms with Gasteiger partial charge in [0.2, 0.25) is 0 Å². The quantitative estimate of drug-likeness (QED) is 0.171. The number of fused-ring (bicyclic) bond motifs is 8. The van der Waals surface area contributed by atoms with Gasteiger partial charge in [0.05, 0.1) is 10.2 Å². The van der Waals surface area contributed by atoms with Crippen molar-refractivity contribution in [3.63, 3.8) is 0 Å². The molecule has 3 heterocycles. The largest absolute Gasteiger partial charge is 0.456 e. The third-order valence-corrected chi connectivity index (χ3v) is 12.5. The van der Waals surface area contributed by atoms with Gasteiger partial charge >= 0.3 is 0 Å². The number of nitrogens with zero attached hydrogens (tertiary/aromatic N) is 2. The molecule has 8 aromatic carbocycles. The third-order valence-electron chi connectivity index (χ3n) is 10.3. The molecule has 0 bridgehead atoms. The lowest BCUT2D eigenvalue weighted by Crippen LogP contribution is -2.10. The molecule has 3 nitrogen and oxygen atoms in total. The van der Waals surface area contributed by atoms with Gasteiger partial charge in [0, 0.05) is 59.6 Å². The first-order valence-electron chi connectivity index (χ1n) is 18.0. The second-order valence-corrected chi connectivity index (χ2v) is 15.6. The number of para-hydroxylation sites is 1. The Bertz CT molecular complexity index is 3180. The van der Waals surface area contributed by atoms with Gasteiger partial charge in [0.1, 0.15) is 16.2 Å². The van der Waals surface area contributed by atoms with Gasteiger partial charge in [-0.15, -0.1) is 22.7 Å². The molecular formula is C49H30N2OS2. The molecule has 54 heavy (non-hydrogen) atoms. The van der Waals surface area contributed by atoms with Crippen molar-refractivity contribution >= 4 is 92.1 Å². The Morgan fingerprint density at radius 2 is 1.07 bits per heavy atom. The molecule has 0 aliphatic heterocycles. The van der Waals surface area contributed by atoms with Crippen LogP contribution >= 0.6 is 22.7 Å². The zero-order valence-electron chi connectivity index (χ0n) is 28.9. The van der Waals surface area contributed by atoms with E-state index in [4.69, 9.17) is 9.40 Å². The average Bonchev–Trinajstić information content (AvgIpc) is 3.95. The van der Waals surface area contributed by atoms with Crippen molar-refractivity contribution in [1.29, 1.82) is 0 Å². The summed E-state index contributed by atoms with van der Waals surface area (Å²) in [5.74, 6) is 0. The van der Waals surface area contributed by atoms with E-state index in [-0.39, 0.29) is 0 Å². The highest BCUT2D eigenvalue weighted by Crippen LogP contribution is 2.47. The molecule has 11 rings (SSSR count). The molecule has 254 valence electrons. The Labute approximate surface area is 319 Å². The van der Waals surface area contributed by atoms with E-state index in [1.165, 1.54) is 36.0 Å². The van der Waals surface area contributed by atoms with Crippen LogP contribution < -0.4 is 4.90 Å². The number of furan rings is 1. The van der Waals surface area contributed by atoms with E-state index >= 15 is 0 Å². The minimum atomic E-state index is 0.868. The number of anilines is 3. The summed E-state index contributed by atoms with van der Waals surface area (Å²) < 4.78 is 10.2. The lowest BCUT2D eigenvalue weighted by molar-refractivity contribution is 0.669. The second-order valence-electron chi connectivity index (χ2n) is 13.5. The molecule has 5 heteroatoms. The smallest absolute Gasteiger partial charge is 0.137 e. The summed E-state index contributed by atoms with van der Waals surface area (Å²) >= 11 is 3.64. The molecule has 0 unspecified atom stereocenters. The minimum Gasteiger partial charge on any atom is -0.456 e. The molecule has 3 aromatic heterocycles. The van der Waals surface area contributed by atoms with E-state index in [9.17, 15) is 0 Å². The van der Waals surface area contributed by atoms with E-state index in [2.05, 4.69) is 175 Å². The van der Waals surface area contributed by atoms with E-state index in [0.717, 1.165) is 66.2 Å².